The van der Waals surface area contributed by atoms with Gasteiger partial charge < -0.3 is 20.3 Å². The molecule has 3 N–H and O–H groups in total. The molecule has 1 atom stereocenters. The van der Waals surface area contributed by atoms with Crippen molar-refractivity contribution in [2.45, 2.75) is 40.0 Å². The van der Waals surface area contributed by atoms with E-state index in [1.165, 1.54) is 26.8 Å². The number of phenols is 2. The van der Waals surface area contributed by atoms with Gasteiger partial charge in [0.2, 0.25) is 0 Å². The highest BCUT2D eigenvalue weighted by atomic mass is 32.1. The number of nitrogens with one attached hydrogen (secondary N) is 1. The molecule has 1 aliphatic heterocycles. The second-order valence-electron chi connectivity index (χ2n) is 9.34. The number of fused-ring (bicyclic) bond motifs is 3. The standard InChI is InChI=1S/C28H24N2O6S/c1-12-24(33)22(14(3)31)26-23(25(12)34)28(5)20(36-26)10-19(32)21(27(28)35)13(2)29-17-8-6-7-16(9-17)18-11-37-15(4)30-18/h6-11,29,33-34H,1-5H3. The molecule has 2 aliphatic rings. The number of aromatic nitrogens is 1. The molecule has 0 amide bonds. The van der Waals surface area contributed by atoms with Crippen LogP contribution in [0.1, 0.15) is 47.3 Å². The van der Waals surface area contributed by atoms with Crippen LogP contribution in [0.25, 0.3) is 11.3 Å². The summed E-state index contributed by atoms with van der Waals surface area (Å²) in [7, 11) is 0. The fourth-order valence-corrected chi connectivity index (χ4v) is 5.52. The Labute approximate surface area is 216 Å². The van der Waals surface area contributed by atoms with E-state index in [1.54, 1.807) is 18.3 Å². The quantitative estimate of drug-likeness (QED) is 0.248. The maximum atomic E-state index is 13.9. The number of ether oxygens (including phenoxy) is 1. The SMILES string of the molecule is CC(=O)c1c(O)c(C)c(O)c2c1OC1=CC(=O)C(=C(C)Nc3cccc(-c4csc(C)n4)c3)C(=O)C12C. The Morgan fingerprint density at radius 1 is 1.14 bits per heavy atom. The fourth-order valence-electron chi connectivity index (χ4n) is 4.89. The van der Waals surface area contributed by atoms with E-state index in [1.807, 2.05) is 36.6 Å². The highest BCUT2D eigenvalue weighted by Crippen LogP contribution is 2.57. The van der Waals surface area contributed by atoms with Crippen molar-refractivity contribution >= 4 is 34.4 Å². The van der Waals surface area contributed by atoms with Crippen LogP contribution in [-0.4, -0.2) is 32.5 Å². The van der Waals surface area contributed by atoms with Crippen molar-refractivity contribution in [3.8, 4) is 28.5 Å². The third-order valence-corrected chi connectivity index (χ3v) is 7.64. The lowest BCUT2D eigenvalue weighted by Crippen LogP contribution is -2.40. The Morgan fingerprint density at radius 2 is 1.86 bits per heavy atom. The van der Waals surface area contributed by atoms with Gasteiger partial charge in [-0.15, -0.1) is 11.3 Å². The van der Waals surface area contributed by atoms with Crippen molar-refractivity contribution in [2.24, 2.45) is 0 Å². The van der Waals surface area contributed by atoms with Crippen molar-refractivity contribution in [3.05, 3.63) is 74.4 Å². The lowest BCUT2D eigenvalue weighted by Gasteiger charge is -2.29. The minimum absolute atomic E-state index is 0.00208. The number of nitrogens with zero attached hydrogens (tertiary/aromatic N) is 1. The smallest absolute Gasteiger partial charge is 0.194 e. The molecular formula is C28H24N2O6S. The maximum absolute atomic E-state index is 13.9. The highest BCUT2D eigenvalue weighted by molar-refractivity contribution is 7.09. The van der Waals surface area contributed by atoms with Crippen LogP contribution in [0.3, 0.4) is 0 Å². The number of carbonyl (C=O) groups excluding carboxylic acids is 3. The molecule has 0 saturated carbocycles. The highest BCUT2D eigenvalue weighted by Gasteiger charge is 2.56. The van der Waals surface area contributed by atoms with Crippen LogP contribution in [0.5, 0.6) is 17.2 Å². The van der Waals surface area contributed by atoms with Crippen LogP contribution in [0.2, 0.25) is 0 Å². The Kier molecular flexibility index (Phi) is 5.56. The normalized spacial score (nSPS) is 19.6. The van der Waals surface area contributed by atoms with E-state index in [0.717, 1.165) is 16.3 Å². The van der Waals surface area contributed by atoms with Crippen molar-refractivity contribution in [3.63, 3.8) is 0 Å². The number of benzene rings is 2. The minimum atomic E-state index is -1.56. The number of anilines is 1. The molecule has 37 heavy (non-hydrogen) atoms. The third kappa shape index (κ3) is 3.57. The molecule has 1 aromatic heterocycles. The van der Waals surface area contributed by atoms with Crippen LogP contribution in [-0.2, 0) is 15.0 Å². The molecule has 8 nitrogen and oxygen atoms in total. The lowest BCUT2D eigenvalue weighted by molar-refractivity contribution is -0.123. The molecular weight excluding hydrogens is 492 g/mol. The molecule has 1 unspecified atom stereocenters. The number of allylic oxidation sites excluding steroid dienone is 4. The average Bonchev–Trinajstić information content (AvgIpc) is 3.39. The zero-order valence-electron chi connectivity index (χ0n) is 20.8. The first-order valence-corrected chi connectivity index (χ1v) is 12.4. The largest absolute Gasteiger partial charge is 0.507 e. The summed E-state index contributed by atoms with van der Waals surface area (Å²) in [5, 5.41) is 27.5. The molecule has 1 aliphatic carbocycles. The molecule has 5 rings (SSSR count). The monoisotopic (exact) mass is 516 g/mol. The summed E-state index contributed by atoms with van der Waals surface area (Å²) in [4.78, 5) is 43.9. The minimum Gasteiger partial charge on any atom is -0.507 e. The number of hydrogen-bond acceptors (Lipinski definition) is 9. The number of Topliss-reactive ketones (excluding diaryl/α,β-unsaturated/α-hetero) is 2. The van der Waals surface area contributed by atoms with Gasteiger partial charge in [-0.1, -0.05) is 12.1 Å². The Hall–Kier alpha value is -4.24. The van der Waals surface area contributed by atoms with Gasteiger partial charge in [0.25, 0.3) is 0 Å². The average molecular weight is 517 g/mol. The van der Waals surface area contributed by atoms with Crippen molar-refractivity contribution < 1.29 is 29.3 Å². The number of hydrogen-bond donors (Lipinski definition) is 3. The molecule has 0 fully saturated rings. The van der Waals surface area contributed by atoms with E-state index in [0.29, 0.717) is 11.4 Å². The zero-order chi connectivity index (χ0) is 26.8. The fraction of sp³-hybridized carbons (Fsp3) is 0.214. The predicted molar refractivity (Wildman–Crippen MR) is 139 cm³/mol. The second kappa shape index (κ2) is 8.41. The maximum Gasteiger partial charge on any atom is 0.194 e. The van der Waals surface area contributed by atoms with Crippen molar-refractivity contribution in [2.75, 3.05) is 5.32 Å². The van der Waals surface area contributed by atoms with E-state index in [-0.39, 0.29) is 39.5 Å². The summed E-state index contributed by atoms with van der Waals surface area (Å²) < 4.78 is 5.81. The first-order valence-electron chi connectivity index (χ1n) is 11.5. The number of carbonyl (C=O) groups is 3. The molecule has 0 bridgehead atoms. The number of rotatable bonds is 4. The summed E-state index contributed by atoms with van der Waals surface area (Å²) in [5.41, 5.74) is 1.02. The molecule has 9 heteroatoms. The van der Waals surface area contributed by atoms with Gasteiger partial charge in [-0.25, -0.2) is 4.98 Å². The van der Waals surface area contributed by atoms with E-state index in [9.17, 15) is 24.6 Å². The third-order valence-electron chi connectivity index (χ3n) is 6.87. The van der Waals surface area contributed by atoms with E-state index in [4.69, 9.17) is 4.74 Å². The number of aryl methyl sites for hydroxylation is 1. The van der Waals surface area contributed by atoms with Gasteiger partial charge in [0.1, 0.15) is 34.0 Å². The molecule has 2 heterocycles. The number of aromatic hydroxyl groups is 2. The van der Waals surface area contributed by atoms with Crippen molar-refractivity contribution in [1.29, 1.82) is 0 Å². The first kappa shape index (κ1) is 24.5. The summed E-state index contributed by atoms with van der Waals surface area (Å²) in [6.07, 6.45) is 1.20. The Bertz CT molecular complexity index is 1610. The summed E-state index contributed by atoms with van der Waals surface area (Å²) >= 11 is 1.55. The number of thiazole rings is 1. The van der Waals surface area contributed by atoms with Crippen LogP contribution >= 0.6 is 11.3 Å². The number of ketones is 3. The van der Waals surface area contributed by atoms with Gasteiger partial charge in [0, 0.05) is 34.0 Å². The van der Waals surface area contributed by atoms with Crippen LogP contribution in [0.4, 0.5) is 5.69 Å². The van der Waals surface area contributed by atoms with E-state index >= 15 is 0 Å². The molecule has 0 radical (unpaired) electrons. The van der Waals surface area contributed by atoms with Gasteiger partial charge in [-0.05, 0) is 46.8 Å². The van der Waals surface area contributed by atoms with Crippen molar-refractivity contribution in [1.82, 2.24) is 4.98 Å². The summed E-state index contributed by atoms with van der Waals surface area (Å²) in [5.74, 6) is -2.54. The topological polar surface area (TPSA) is 126 Å². The molecule has 0 spiro atoms. The van der Waals surface area contributed by atoms with Gasteiger partial charge in [-0.2, -0.15) is 0 Å². The molecule has 0 saturated heterocycles. The van der Waals surface area contributed by atoms with E-state index < -0.39 is 28.5 Å². The van der Waals surface area contributed by atoms with Crippen LogP contribution in [0.15, 0.2) is 52.8 Å². The zero-order valence-corrected chi connectivity index (χ0v) is 21.7. The van der Waals surface area contributed by atoms with Gasteiger partial charge in [0.05, 0.1) is 21.8 Å². The van der Waals surface area contributed by atoms with Crippen LogP contribution in [0, 0.1) is 13.8 Å². The molecule has 3 aromatic rings. The molecule has 2 aromatic carbocycles. The van der Waals surface area contributed by atoms with Gasteiger partial charge in [-0.3, -0.25) is 14.4 Å². The number of phenolic OH excluding ortho intramolecular Hbond substituents is 2. The predicted octanol–water partition coefficient (Wildman–Crippen LogP) is 5.11. The second-order valence-corrected chi connectivity index (χ2v) is 10.4. The molecule has 188 valence electrons. The summed E-state index contributed by atoms with van der Waals surface area (Å²) in [6, 6.07) is 7.48. The van der Waals surface area contributed by atoms with Gasteiger partial charge in [0.15, 0.2) is 17.3 Å². The lowest BCUT2D eigenvalue weighted by atomic mass is 9.70. The summed E-state index contributed by atoms with van der Waals surface area (Å²) in [6.45, 7) is 7.80. The van der Waals surface area contributed by atoms with Gasteiger partial charge >= 0.3 is 0 Å². The van der Waals surface area contributed by atoms with E-state index in [2.05, 4.69) is 10.3 Å². The van der Waals surface area contributed by atoms with Crippen LogP contribution < -0.4 is 10.1 Å². The first-order chi connectivity index (χ1) is 17.4. The Morgan fingerprint density at radius 3 is 2.51 bits per heavy atom. The Balaban J connectivity index is 1.60.